The fourth-order valence-electron chi connectivity index (χ4n) is 3.60. The number of benzene rings is 1. The van der Waals surface area contributed by atoms with Crippen LogP contribution in [0, 0.1) is 0 Å². The lowest BCUT2D eigenvalue weighted by atomic mass is 10.1. The highest BCUT2D eigenvalue weighted by Gasteiger charge is 2.35. The molecule has 4 heteroatoms. The molecule has 3 rings (SSSR count). The van der Waals surface area contributed by atoms with Gasteiger partial charge in [0.2, 0.25) is 5.91 Å². The number of likely N-dealkylation sites (tertiary alicyclic amines) is 1. The zero-order valence-electron chi connectivity index (χ0n) is 14.3. The van der Waals surface area contributed by atoms with E-state index >= 15 is 0 Å². The number of amides is 1. The molecule has 2 aliphatic rings. The summed E-state index contributed by atoms with van der Waals surface area (Å²) in [6, 6.07) is 9.73. The van der Waals surface area contributed by atoms with Gasteiger partial charge in [0.1, 0.15) is 0 Å². The summed E-state index contributed by atoms with van der Waals surface area (Å²) in [5, 5.41) is 0. The first-order valence-corrected chi connectivity index (χ1v) is 8.75. The van der Waals surface area contributed by atoms with Crippen molar-refractivity contribution in [3.05, 3.63) is 35.4 Å². The van der Waals surface area contributed by atoms with Gasteiger partial charge in [-0.3, -0.25) is 9.69 Å². The van der Waals surface area contributed by atoms with Crippen LogP contribution < -0.4 is 0 Å². The minimum atomic E-state index is 0.239. The van der Waals surface area contributed by atoms with E-state index in [-0.39, 0.29) is 5.91 Å². The Bertz CT molecular complexity index is 525. The van der Waals surface area contributed by atoms with Gasteiger partial charge >= 0.3 is 0 Å². The lowest BCUT2D eigenvalue weighted by Crippen LogP contribution is -2.43. The molecule has 0 unspecified atom stereocenters. The van der Waals surface area contributed by atoms with E-state index in [1.807, 2.05) is 0 Å². The van der Waals surface area contributed by atoms with Gasteiger partial charge < -0.3 is 9.64 Å². The third kappa shape index (κ3) is 4.33. The van der Waals surface area contributed by atoms with Crippen LogP contribution in [0.15, 0.2) is 24.3 Å². The van der Waals surface area contributed by atoms with Gasteiger partial charge in [-0.15, -0.1) is 0 Å². The van der Waals surface area contributed by atoms with E-state index in [1.54, 1.807) is 14.0 Å². The lowest BCUT2D eigenvalue weighted by Gasteiger charge is -2.30. The van der Waals surface area contributed by atoms with E-state index in [4.69, 9.17) is 4.74 Å². The van der Waals surface area contributed by atoms with Gasteiger partial charge in [0.15, 0.2) is 0 Å². The first-order valence-electron chi connectivity index (χ1n) is 8.75. The number of nitrogens with zero attached hydrogens (tertiary/aromatic N) is 2. The van der Waals surface area contributed by atoms with Crippen molar-refractivity contribution < 1.29 is 9.53 Å². The molecule has 2 fully saturated rings. The Morgan fingerprint density at radius 1 is 1.22 bits per heavy atom. The number of ether oxygens (including phenoxy) is 1. The summed E-state index contributed by atoms with van der Waals surface area (Å²) in [5.74, 6) is 0.239. The van der Waals surface area contributed by atoms with Gasteiger partial charge in [0.25, 0.3) is 0 Å². The predicted molar refractivity (Wildman–Crippen MR) is 91.0 cm³/mol. The normalized spacial score (nSPS) is 21.6. The average Bonchev–Trinajstić information content (AvgIpc) is 3.28. The van der Waals surface area contributed by atoms with Crippen LogP contribution in [0.4, 0.5) is 0 Å². The maximum atomic E-state index is 11.9. The highest BCUT2D eigenvalue weighted by atomic mass is 16.5. The highest BCUT2D eigenvalue weighted by molar-refractivity contribution is 5.74. The molecule has 4 nitrogen and oxygen atoms in total. The largest absolute Gasteiger partial charge is 0.380 e. The molecule has 1 aliphatic heterocycles. The van der Waals surface area contributed by atoms with Crippen molar-refractivity contribution >= 4 is 5.91 Å². The molecule has 0 bridgehead atoms. The molecule has 1 atom stereocenters. The van der Waals surface area contributed by atoms with Gasteiger partial charge in [0, 0.05) is 39.2 Å². The molecule has 0 spiro atoms. The summed E-state index contributed by atoms with van der Waals surface area (Å²) in [5.41, 5.74) is 2.56. The van der Waals surface area contributed by atoms with E-state index in [1.165, 1.54) is 36.8 Å². The third-order valence-electron chi connectivity index (χ3n) is 5.02. The van der Waals surface area contributed by atoms with Gasteiger partial charge in [-0.25, -0.2) is 0 Å². The van der Waals surface area contributed by atoms with Crippen LogP contribution in [0.1, 0.15) is 43.7 Å². The Kier molecular flexibility index (Phi) is 5.34. The molecule has 1 aromatic rings. The number of carbonyl (C=O) groups is 1. The van der Waals surface area contributed by atoms with Crippen molar-refractivity contribution in [3.63, 3.8) is 0 Å². The van der Waals surface area contributed by atoms with E-state index in [2.05, 4.69) is 34.1 Å². The smallest absolute Gasteiger partial charge is 0.219 e. The molecular formula is C19H28N2O2. The Labute approximate surface area is 139 Å². The number of hydrogen-bond donors (Lipinski definition) is 0. The summed E-state index contributed by atoms with van der Waals surface area (Å²) in [6.45, 7) is 5.41. The Hall–Kier alpha value is -1.39. The molecular weight excluding hydrogens is 288 g/mol. The average molecular weight is 316 g/mol. The first-order chi connectivity index (χ1) is 11.2. The second-order valence-corrected chi connectivity index (χ2v) is 6.92. The highest BCUT2D eigenvalue weighted by Crippen LogP contribution is 2.29. The Morgan fingerprint density at radius 2 is 1.91 bits per heavy atom. The van der Waals surface area contributed by atoms with E-state index in [0.717, 1.165) is 19.6 Å². The fraction of sp³-hybridized carbons (Fsp3) is 0.632. The maximum Gasteiger partial charge on any atom is 0.219 e. The number of rotatable bonds is 7. The van der Waals surface area contributed by atoms with E-state index in [9.17, 15) is 4.79 Å². The van der Waals surface area contributed by atoms with Crippen molar-refractivity contribution in [3.8, 4) is 0 Å². The SMILES string of the molecule is COCc1ccc(CN2CCC[C@H]2CN(C(C)=O)C2CC2)cc1. The van der Waals surface area contributed by atoms with Gasteiger partial charge in [-0.05, 0) is 43.4 Å². The number of methoxy groups -OCH3 is 1. The summed E-state index contributed by atoms with van der Waals surface area (Å²) >= 11 is 0. The van der Waals surface area contributed by atoms with E-state index < -0.39 is 0 Å². The monoisotopic (exact) mass is 316 g/mol. The van der Waals surface area contributed by atoms with Crippen molar-refractivity contribution in [2.75, 3.05) is 20.2 Å². The summed E-state index contributed by atoms with van der Waals surface area (Å²) in [7, 11) is 1.73. The molecule has 1 heterocycles. The molecule has 1 saturated carbocycles. The molecule has 0 aromatic heterocycles. The summed E-state index contributed by atoms with van der Waals surface area (Å²) in [4.78, 5) is 16.5. The minimum Gasteiger partial charge on any atom is -0.380 e. The van der Waals surface area contributed by atoms with Crippen LogP contribution in [-0.4, -0.2) is 48.0 Å². The minimum absolute atomic E-state index is 0.239. The zero-order valence-corrected chi connectivity index (χ0v) is 14.3. The van der Waals surface area contributed by atoms with Crippen LogP contribution in [0.25, 0.3) is 0 Å². The van der Waals surface area contributed by atoms with Crippen LogP contribution in [0.2, 0.25) is 0 Å². The fourth-order valence-corrected chi connectivity index (χ4v) is 3.60. The molecule has 0 radical (unpaired) electrons. The second-order valence-electron chi connectivity index (χ2n) is 6.92. The van der Waals surface area contributed by atoms with Crippen molar-refractivity contribution in [2.24, 2.45) is 0 Å². The van der Waals surface area contributed by atoms with Gasteiger partial charge in [-0.2, -0.15) is 0 Å². The van der Waals surface area contributed by atoms with Crippen molar-refractivity contribution in [1.82, 2.24) is 9.80 Å². The van der Waals surface area contributed by atoms with Gasteiger partial charge in [-0.1, -0.05) is 24.3 Å². The lowest BCUT2D eigenvalue weighted by molar-refractivity contribution is -0.130. The Morgan fingerprint density at radius 3 is 2.52 bits per heavy atom. The molecule has 0 N–H and O–H groups in total. The van der Waals surface area contributed by atoms with E-state index in [0.29, 0.717) is 18.7 Å². The molecule has 126 valence electrons. The molecule has 1 aromatic carbocycles. The van der Waals surface area contributed by atoms with Crippen LogP contribution in [0.3, 0.4) is 0 Å². The van der Waals surface area contributed by atoms with Crippen LogP contribution >= 0.6 is 0 Å². The maximum absolute atomic E-state index is 11.9. The molecule has 1 amide bonds. The predicted octanol–water partition coefficient (Wildman–Crippen LogP) is 2.81. The standard InChI is InChI=1S/C19H28N2O2/c1-15(22)21(18-9-10-18)13-19-4-3-11-20(19)12-16-5-7-17(8-6-16)14-23-2/h5-8,18-19H,3-4,9-14H2,1-2H3/t19-/m0/s1. The molecule has 23 heavy (non-hydrogen) atoms. The molecule has 1 saturated heterocycles. The quantitative estimate of drug-likeness (QED) is 0.775. The zero-order chi connectivity index (χ0) is 16.2. The molecule has 1 aliphatic carbocycles. The van der Waals surface area contributed by atoms with Crippen molar-refractivity contribution in [2.45, 2.75) is 57.8 Å². The second kappa shape index (κ2) is 7.45. The third-order valence-corrected chi connectivity index (χ3v) is 5.02. The van der Waals surface area contributed by atoms with Crippen molar-refractivity contribution in [1.29, 1.82) is 0 Å². The summed E-state index contributed by atoms with van der Waals surface area (Å²) in [6.07, 6.45) is 4.82. The van der Waals surface area contributed by atoms with Crippen LogP contribution in [0.5, 0.6) is 0 Å². The summed E-state index contributed by atoms with van der Waals surface area (Å²) < 4.78 is 5.16. The number of hydrogen-bond acceptors (Lipinski definition) is 3. The first kappa shape index (κ1) is 16.5. The number of carbonyl (C=O) groups excluding carboxylic acids is 1. The van der Waals surface area contributed by atoms with Crippen LogP contribution in [-0.2, 0) is 22.7 Å². The Balaban J connectivity index is 1.58. The topological polar surface area (TPSA) is 32.8 Å². The van der Waals surface area contributed by atoms with Gasteiger partial charge in [0.05, 0.1) is 6.61 Å².